The number of hydrogen-bond acceptors (Lipinski definition) is 3. The number of halogens is 1. The Morgan fingerprint density at radius 2 is 2.00 bits per heavy atom. The molecule has 2 N–H and O–H groups in total. The molecule has 1 saturated heterocycles. The quantitative estimate of drug-likeness (QED) is 0.865. The highest BCUT2D eigenvalue weighted by atomic mass is 19.1. The predicted molar refractivity (Wildman–Crippen MR) is 85.9 cm³/mol. The van der Waals surface area contributed by atoms with E-state index in [1.807, 2.05) is 26.8 Å². The van der Waals surface area contributed by atoms with E-state index in [0.29, 0.717) is 6.04 Å². The summed E-state index contributed by atoms with van der Waals surface area (Å²) in [5.74, 6) is -0.131. The van der Waals surface area contributed by atoms with E-state index in [-0.39, 0.29) is 11.9 Å². The third-order valence-electron chi connectivity index (χ3n) is 3.93. The number of nitrogens with zero attached hydrogens (tertiary/aromatic N) is 1. The van der Waals surface area contributed by atoms with Crippen molar-refractivity contribution in [1.82, 2.24) is 4.90 Å². The zero-order valence-corrected chi connectivity index (χ0v) is 13.7. The number of hydrogen-bond donors (Lipinski definition) is 1. The van der Waals surface area contributed by atoms with Gasteiger partial charge < -0.3 is 10.5 Å². The summed E-state index contributed by atoms with van der Waals surface area (Å²) >= 11 is 0. The third-order valence-corrected chi connectivity index (χ3v) is 3.93. The van der Waals surface area contributed by atoms with E-state index in [1.54, 1.807) is 19.2 Å². The Balaban J connectivity index is 0.000000322. The van der Waals surface area contributed by atoms with Gasteiger partial charge >= 0.3 is 0 Å². The fourth-order valence-corrected chi connectivity index (χ4v) is 2.90. The van der Waals surface area contributed by atoms with E-state index < -0.39 is 0 Å². The molecule has 0 aromatic heterocycles. The molecule has 2 aliphatic rings. The average molecular weight is 296 g/mol. The van der Waals surface area contributed by atoms with Gasteiger partial charge in [0, 0.05) is 32.8 Å². The first kappa shape index (κ1) is 18.1. The van der Waals surface area contributed by atoms with E-state index in [9.17, 15) is 4.39 Å². The van der Waals surface area contributed by atoms with Crippen molar-refractivity contribution < 1.29 is 9.13 Å². The summed E-state index contributed by atoms with van der Waals surface area (Å²) in [7, 11) is 1.68. The zero-order valence-electron chi connectivity index (χ0n) is 13.7. The van der Waals surface area contributed by atoms with Crippen LogP contribution in [0.2, 0.25) is 0 Å². The molecular weight excluding hydrogens is 267 g/mol. The first-order chi connectivity index (χ1) is 10.2. The van der Waals surface area contributed by atoms with Crippen LogP contribution in [-0.2, 0) is 11.2 Å². The van der Waals surface area contributed by atoms with Gasteiger partial charge in [-0.2, -0.15) is 0 Å². The Bertz CT molecular complexity index is 423. The topological polar surface area (TPSA) is 38.5 Å². The van der Waals surface area contributed by atoms with Crippen LogP contribution in [0.4, 0.5) is 4.39 Å². The molecule has 0 spiro atoms. The molecule has 120 valence electrons. The van der Waals surface area contributed by atoms with Crippen molar-refractivity contribution in [2.75, 3.05) is 26.8 Å². The maximum absolute atomic E-state index is 13.1. The molecule has 1 unspecified atom stereocenters. The van der Waals surface area contributed by atoms with Crippen LogP contribution in [0, 0.1) is 5.82 Å². The summed E-state index contributed by atoms with van der Waals surface area (Å²) in [6, 6.07) is 5.67. The lowest BCUT2D eigenvalue weighted by Gasteiger charge is -2.33. The van der Waals surface area contributed by atoms with E-state index in [4.69, 9.17) is 5.73 Å². The maximum atomic E-state index is 13.1. The minimum atomic E-state index is -0.131. The highest BCUT2D eigenvalue weighted by molar-refractivity contribution is 5.35. The molecule has 0 radical (unpaired) electrons. The lowest BCUT2D eigenvalue weighted by atomic mass is 9.91. The summed E-state index contributed by atoms with van der Waals surface area (Å²) in [5.41, 5.74) is 8.50. The monoisotopic (exact) mass is 296 g/mol. The Morgan fingerprint density at radius 3 is 2.62 bits per heavy atom. The van der Waals surface area contributed by atoms with Crippen molar-refractivity contribution in [3.63, 3.8) is 0 Å². The predicted octanol–water partition coefficient (Wildman–Crippen LogP) is 3.13. The molecule has 3 rings (SSSR count). The fourth-order valence-electron chi connectivity index (χ4n) is 2.90. The standard InChI is InChI=1S/C12H15FN2.C3H8O.C2H6/c13-9-1-2-10-8(7-9)3-5-15-6-4-11(14)12(10)15;1-3-4-2;1-2/h1-2,7,11-12H,3-6,14H2;3H2,1-2H3;1-2H3/t11?,12-;;/m0../s1. The van der Waals surface area contributed by atoms with Gasteiger partial charge in [0.25, 0.3) is 0 Å². The van der Waals surface area contributed by atoms with E-state index in [1.165, 1.54) is 5.56 Å². The number of fused-ring (bicyclic) bond motifs is 3. The Morgan fingerprint density at radius 1 is 1.33 bits per heavy atom. The van der Waals surface area contributed by atoms with Crippen molar-refractivity contribution in [3.05, 3.63) is 35.1 Å². The van der Waals surface area contributed by atoms with Gasteiger partial charge in [0.15, 0.2) is 0 Å². The second-order valence-corrected chi connectivity index (χ2v) is 5.10. The summed E-state index contributed by atoms with van der Waals surface area (Å²) < 4.78 is 17.6. The Kier molecular flexibility index (Phi) is 7.86. The van der Waals surface area contributed by atoms with Crippen LogP contribution in [0.5, 0.6) is 0 Å². The molecule has 4 heteroatoms. The van der Waals surface area contributed by atoms with E-state index >= 15 is 0 Å². The average Bonchev–Trinajstić information content (AvgIpc) is 2.91. The molecule has 1 aromatic carbocycles. The van der Waals surface area contributed by atoms with Crippen LogP contribution < -0.4 is 5.73 Å². The van der Waals surface area contributed by atoms with Gasteiger partial charge in [-0.15, -0.1) is 0 Å². The minimum absolute atomic E-state index is 0.131. The highest BCUT2D eigenvalue weighted by Crippen LogP contribution is 2.36. The first-order valence-electron chi connectivity index (χ1n) is 7.94. The third kappa shape index (κ3) is 4.50. The van der Waals surface area contributed by atoms with Crippen molar-refractivity contribution in [2.24, 2.45) is 5.73 Å². The van der Waals surface area contributed by atoms with Crippen molar-refractivity contribution in [2.45, 2.75) is 45.7 Å². The molecule has 21 heavy (non-hydrogen) atoms. The maximum Gasteiger partial charge on any atom is 0.123 e. The van der Waals surface area contributed by atoms with Gasteiger partial charge in [0.1, 0.15) is 5.82 Å². The molecule has 2 aliphatic heterocycles. The van der Waals surface area contributed by atoms with Crippen LogP contribution in [0.15, 0.2) is 18.2 Å². The van der Waals surface area contributed by atoms with Gasteiger partial charge in [-0.3, -0.25) is 4.90 Å². The second kappa shape index (κ2) is 9.13. The molecule has 0 bridgehead atoms. The molecule has 0 aliphatic carbocycles. The molecule has 1 aromatic rings. The van der Waals surface area contributed by atoms with E-state index in [2.05, 4.69) is 9.64 Å². The molecule has 2 heterocycles. The number of nitrogens with two attached hydrogens (primary N) is 1. The summed E-state index contributed by atoms with van der Waals surface area (Å²) in [6.45, 7) is 8.89. The van der Waals surface area contributed by atoms with Crippen molar-refractivity contribution in [3.8, 4) is 0 Å². The summed E-state index contributed by atoms with van der Waals surface area (Å²) in [5, 5.41) is 0. The summed E-state index contributed by atoms with van der Waals surface area (Å²) in [6.07, 6.45) is 2.01. The number of rotatable bonds is 1. The fraction of sp³-hybridized carbons (Fsp3) is 0.647. The molecule has 0 saturated carbocycles. The number of ether oxygens (including phenoxy) is 1. The molecule has 3 nitrogen and oxygen atoms in total. The minimum Gasteiger partial charge on any atom is -0.385 e. The number of benzene rings is 1. The Labute approximate surface area is 128 Å². The van der Waals surface area contributed by atoms with Crippen molar-refractivity contribution >= 4 is 0 Å². The lowest BCUT2D eigenvalue weighted by Crippen LogP contribution is -2.37. The van der Waals surface area contributed by atoms with Crippen LogP contribution in [0.3, 0.4) is 0 Å². The van der Waals surface area contributed by atoms with Gasteiger partial charge in [-0.25, -0.2) is 4.39 Å². The second-order valence-electron chi connectivity index (χ2n) is 5.10. The summed E-state index contributed by atoms with van der Waals surface area (Å²) in [4.78, 5) is 2.42. The van der Waals surface area contributed by atoms with Crippen LogP contribution in [-0.4, -0.2) is 37.7 Å². The SMILES string of the molecule is CC.CCOC.NC1CCN2CCc3cc(F)ccc3[C@@H]12. The highest BCUT2D eigenvalue weighted by Gasteiger charge is 2.36. The number of methoxy groups -OCH3 is 1. The normalized spacial score (nSPS) is 23.1. The van der Waals surface area contributed by atoms with Crippen molar-refractivity contribution in [1.29, 1.82) is 0 Å². The van der Waals surface area contributed by atoms with E-state index in [0.717, 1.165) is 38.1 Å². The first-order valence-corrected chi connectivity index (χ1v) is 7.94. The van der Waals surface area contributed by atoms with Gasteiger partial charge in [-0.05, 0) is 43.0 Å². The smallest absolute Gasteiger partial charge is 0.123 e. The van der Waals surface area contributed by atoms with Crippen LogP contribution in [0.25, 0.3) is 0 Å². The van der Waals surface area contributed by atoms with Crippen LogP contribution in [0.1, 0.15) is 44.4 Å². The van der Waals surface area contributed by atoms with Crippen LogP contribution >= 0.6 is 0 Å². The van der Waals surface area contributed by atoms with Gasteiger partial charge in [0.2, 0.25) is 0 Å². The van der Waals surface area contributed by atoms with Gasteiger partial charge in [-0.1, -0.05) is 19.9 Å². The molecule has 0 amide bonds. The largest absolute Gasteiger partial charge is 0.385 e. The molecular formula is C17H29FN2O. The molecule has 1 fully saturated rings. The zero-order chi connectivity index (χ0) is 15.8. The van der Waals surface area contributed by atoms with Gasteiger partial charge in [0.05, 0.1) is 6.04 Å². The Hall–Kier alpha value is -0.970. The lowest BCUT2D eigenvalue weighted by molar-refractivity contribution is 0.215. The molecule has 2 atom stereocenters.